The van der Waals surface area contributed by atoms with E-state index in [1.807, 2.05) is 24.3 Å². The molecule has 14 nitrogen and oxygen atoms in total. The number of hydrogen-bond acceptors (Lipinski definition) is 7. The van der Waals surface area contributed by atoms with Gasteiger partial charge in [0.15, 0.2) is 5.96 Å². The Morgan fingerprint density at radius 3 is 2.64 bits per heavy atom. The molecule has 226 valence electrons. The third-order valence-electron chi connectivity index (χ3n) is 7.38. The van der Waals surface area contributed by atoms with Crippen molar-refractivity contribution >= 4 is 58.2 Å². The van der Waals surface area contributed by atoms with Crippen molar-refractivity contribution in [1.29, 1.82) is 0 Å². The molecule has 3 heterocycles. The maximum atomic E-state index is 13.4. The molecule has 2 aliphatic heterocycles. The number of hydrogen-bond donors (Lipinski definition) is 6. The first-order chi connectivity index (χ1) is 20.0. The number of amides is 5. The Morgan fingerprint density at radius 2 is 1.90 bits per heavy atom. The standard InChI is InChI=1S/C27H37N9O5S/c1-15-26(41)35(14-23-36(15)22(38)8-10-42-23)13-21(37)33-19(7-4-9-31-27(29)30)25(40)34-20(24(28)39)11-16-12-32-18-6-3-2-5-17(16)18/h2-3,5-6,12,15,19-20,23,32H,4,7-11,13-14H2,1H3,(H2,28,39)(H,33,37)(H,34,40)(H4,29,30,31)/t15-,19+,20+,23-/m1/s1. The van der Waals surface area contributed by atoms with Gasteiger partial charge in [-0.2, -0.15) is 0 Å². The topological polar surface area (TPSA) is 222 Å². The highest BCUT2D eigenvalue weighted by Gasteiger charge is 2.43. The van der Waals surface area contributed by atoms with E-state index in [2.05, 4.69) is 20.6 Å². The van der Waals surface area contributed by atoms with Crippen molar-refractivity contribution in [3.63, 3.8) is 0 Å². The van der Waals surface area contributed by atoms with Gasteiger partial charge in [0.25, 0.3) is 0 Å². The number of thioether (sulfide) groups is 1. The molecular formula is C27H37N9O5S. The quantitative estimate of drug-likeness (QED) is 0.0979. The van der Waals surface area contributed by atoms with Gasteiger partial charge in [-0.3, -0.25) is 29.0 Å². The molecule has 2 aromatic rings. The highest BCUT2D eigenvalue weighted by Crippen LogP contribution is 2.30. The summed E-state index contributed by atoms with van der Waals surface area (Å²) in [4.78, 5) is 74.3. The Labute approximate surface area is 247 Å². The van der Waals surface area contributed by atoms with Crippen molar-refractivity contribution < 1.29 is 24.0 Å². The van der Waals surface area contributed by atoms with E-state index in [1.54, 1.807) is 29.8 Å². The number of aromatic nitrogens is 1. The number of primary amides is 1. The average Bonchev–Trinajstić information content (AvgIpc) is 3.35. The number of carbonyl (C=O) groups is 5. The van der Waals surface area contributed by atoms with Crippen molar-refractivity contribution in [2.45, 2.75) is 56.1 Å². The van der Waals surface area contributed by atoms with Gasteiger partial charge in [-0.25, -0.2) is 0 Å². The summed E-state index contributed by atoms with van der Waals surface area (Å²) in [6, 6.07) is 4.78. The van der Waals surface area contributed by atoms with Crippen LogP contribution in [0.3, 0.4) is 0 Å². The number of aliphatic imine (C=N–C) groups is 1. The lowest BCUT2D eigenvalue weighted by Crippen LogP contribution is -2.64. The summed E-state index contributed by atoms with van der Waals surface area (Å²) in [6.07, 6.45) is 2.81. The zero-order valence-corrected chi connectivity index (χ0v) is 24.2. The van der Waals surface area contributed by atoms with Crippen molar-refractivity contribution in [1.82, 2.24) is 25.4 Å². The Bertz CT molecular complexity index is 1370. The van der Waals surface area contributed by atoms with Crippen LogP contribution in [0.2, 0.25) is 0 Å². The van der Waals surface area contributed by atoms with Crippen LogP contribution in [0.4, 0.5) is 0 Å². The maximum Gasteiger partial charge on any atom is 0.245 e. The average molecular weight is 600 g/mol. The summed E-state index contributed by atoms with van der Waals surface area (Å²) in [5, 5.41) is 6.05. The summed E-state index contributed by atoms with van der Waals surface area (Å²) in [5.41, 5.74) is 18.1. The van der Waals surface area contributed by atoms with Gasteiger partial charge < -0.3 is 42.6 Å². The van der Waals surface area contributed by atoms with Crippen LogP contribution >= 0.6 is 11.8 Å². The molecule has 5 amide bonds. The van der Waals surface area contributed by atoms with E-state index in [1.165, 1.54) is 4.90 Å². The number of para-hydroxylation sites is 1. The van der Waals surface area contributed by atoms with Crippen molar-refractivity contribution in [2.24, 2.45) is 22.2 Å². The fraction of sp³-hybridized carbons (Fsp3) is 0.481. The number of nitrogens with zero attached hydrogens (tertiary/aromatic N) is 3. The van der Waals surface area contributed by atoms with Crippen molar-refractivity contribution in [3.05, 3.63) is 36.0 Å². The molecule has 0 spiro atoms. The first-order valence-electron chi connectivity index (χ1n) is 13.8. The maximum absolute atomic E-state index is 13.4. The minimum atomic E-state index is -1.05. The highest BCUT2D eigenvalue weighted by molar-refractivity contribution is 8.00. The molecule has 0 unspecified atom stereocenters. The van der Waals surface area contributed by atoms with E-state index in [0.29, 0.717) is 18.6 Å². The summed E-state index contributed by atoms with van der Waals surface area (Å²) >= 11 is 1.57. The van der Waals surface area contributed by atoms with Gasteiger partial charge in [-0.1, -0.05) is 18.2 Å². The van der Waals surface area contributed by atoms with Crippen LogP contribution in [-0.2, 0) is 30.4 Å². The molecule has 2 aliphatic rings. The molecule has 2 saturated heterocycles. The Balaban J connectivity index is 1.43. The first kappa shape index (κ1) is 30.7. The van der Waals surface area contributed by atoms with E-state index in [4.69, 9.17) is 17.2 Å². The van der Waals surface area contributed by atoms with Gasteiger partial charge in [0, 0.05) is 42.2 Å². The minimum absolute atomic E-state index is 0.0714. The van der Waals surface area contributed by atoms with Gasteiger partial charge in [-0.05, 0) is 31.4 Å². The summed E-state index contributed by atoms with van der Waals surface area (Å²) in [6.45, 7) is 1.81. The summed E-state index contributed by atoms with van der Waals surface area (Å²) in [5.74, 6) is -1.73. The number of nitrogens with one attached hydrogen (secondary N) is 3. The van der Waals surface area contributed by atoms with E-state index in [0.717, 1.165) is 16.5 Å². The van der Waals surface area contributed by atoms with E-state index in [9.17, 15) is 24.0 Å². The Kier molecular flexibility index (Phi) is 9.93. The number of aromatic amines is 1. The van der Waals surface area contributed by atoms with Gasteiger partial charge in [0.2, 0.25) is 29.5 Å². The van der Waals surface area contributed by atoms with Crippen LogP contribution in [0, 0.1) is 0 Å². The summed E-state index contributed by atoms with van der Waals surface area (Å²) < 4.78 is 0. The van der Waals surface area contributed by atoms with E-state index in [-0.39, 0.29) is 55.6 Å². The van der Waals surface area contributed by atoms with E-state index >= 15 is 0 Å². The second kappa shape index (κ2) is 13.6. The predicted molar refractivity (Wildman–Crippen MR) is 159 cm³/mol. The molecule has 2 fully saturated rings. The third-order valence-corrected chi connectivity index (χ3v) is 8.58. The Hall–Kier alpha value is -4.27. The molecule has 42 heavy (non-hydrogen) atoms. The lowest BCUT2D eigenvalue weighted by Gasteiger charge is -2.46. The number of piperazine rings is 1. The smallest absolute Gasteiger partial charge is 0.245 e. The molecule has 1 aromatic carbocycles. The van der Waals surface area contributed by atoms with Crippen LogP contribution in [0.1, 0.15) is 31.7 Å². The van der Waals surface area contributed by atoms with Crippen molar-refractivity contribution in [3.8, 4) is 0 Å². The third kappa shape index (κ3) is 7.32. The number of H-pyrrole nitrogens is 1. The molecule has 4 atom stereocenters. The second-order valence-electron chi connectivity index (χ2n) is 10.4. The zero-order valence-electron chi connectivity index (χ0n) is 23.4. The van der Waals surface area contributed by atoms with Gasteiger partial charge in [0.1, 0.15) is 18.1 Å². The number of fused-ring (bicyclic) bond motifs is 2. The first-order valence-corrected chi connectivity index (χ1v) is 14.8. The highest BCUT2D eigenvalue weighted by atomic mass is 32.2. The van der Waals surface area contributed by atoms with Crippen LogP contribution in [0.15, 0.2) is 35.5 Å². The number of guanidine groups is 1. The lowest BCUT2D eigenvalue weighted by molar-refractivity contribution is -0.153. The van der Waals surface area contributed by atoms with E-state index < -0.39 is 35.8 Å². The second-order valence-corrected chi connectivity index (χ2v) is 11.7. The molecule has 0 saturated carbocycles. The number of carbonyl (C=O) groups excluding carboxylic acids is 5. The van der Waals surface area contributed by atoms with Gasteiger partial charge in [0.05, 0.1) is 18.5 Å². The van der Waals surface area contributed by atoms with Crippen LogP contribution in [-0.4, -0.2) is 99.2 Å². The molecule has 4 rings (SSSR count). The lowest BCUT2D eigenvalue weighted by atomic mass is 10.0. The van der Waals surface area contributed by atoms with Gasteiger partial charge in [-0.15, -0.1) is 11.8 Å². The summed E-state index contributed by atoms with van der Waals surface area (Å²) in [7, 11) is 0. The van der Waals surface area contributed by atoms with Gasteiger partial charge >= 0.3 is 0 Å². The number of benzene rings is 1. The van der Waals surface area contributed by atoms with Crippen molar-refractivity contribution in [2.75, 3.05) is 25.4 Å². The van der Waals surface area contributed by atoms with Crippen LogP contribution in [0.5, 0.6) is 0 Å². The molecule has 0 radical (unpaired) electrons. The molecule has 15 heteroatoms. The Morgan fingerprint density at radius 1 is 1.14 bits per heavy atom. The molecule has 9 N–H and O–H groups in total. The fourth-order valence-corrected chi connectivity index (χ4v) is 6.57. The normalized spacial score (nSPS) is 20.0. The number of nitrogens with two attached hydrogens (primary N) is 3. The largest absolute Gasteiger partial charge is 0.370 e. The van der Waals surface area contributed by atoms with Crippen LogP contribution < -0.4 is 27.8 Å². The van der Waals surface area contributed by atoms with Crippen LogP contribution in [0.25, 0.3) is 10.9 Å². The zero-order chi connectivity index (χ0) is 30.4. The molecular weight excluding hydrogens is 562 g/mol. The molecule has 1 aromatic heterocycles. The molecule has 0 bridgehead atoms. The fourth-order valence-electron chi connectivity index (χ4n) is 5.26. The SMILES string of the molecule is C[C@@H]1C(=O)N(CC(=O)N[C@@H](CCCN=C(N)N)C(=O)N[C@@H](Cc2c[nH]c3ccccc23)C(N)=O)C[C@H]2SCCC(=O)N12. The monoisotopic (exact) mass is 599 g/mol. The minimum Gasteiger partial charge on any atom is -0.370 e. The number of rotatable bonds is 12. The predicted octanol–water partition coefficient (Wildman–Crippen LogP) is -1.26. The molecule has 0 aliphatic carbocycles.